The van der Waals surface area contributed by atoms with E-state index in [0.29, 0.717) is 5.56 Å². The van der Waals surface area contributed by atoms with Crippen LogP contribution in [-0.4, -0.2) is 32.9 Å². The highest BCUT2D eigenvalue weighted by Crippen LogP contribution is 2.13. The zero-order valence-electron chi connectivity index (χ0n) is 11.1. The monoisotopic (exact) mass is 239 g/mol. The molecule has 2 N–H and O–H groups in total. The predicted octanol–water partition coefficient (Wildman–Crippen LogP) is 1.14. The zero-order valence-corrected chi connectivity index (χ0v) is 11.1. The Morgan fingerprint density at radius 3 is 2.41 bits per heavy atom. The van der Waals surface area contributed by atoms with Crippen molar-refractivity contribution >= 4 is 5.91 Å². The summed E-state index contributed by atoms with van der Waals surface area (Å²) in [4.78, 5) is 11.9. The molecule has 0 saturated carbocycles. The SMILES string of the molecule is CC(C)(CO)NC(=O)c1cnn(C(C)(C)C)c1. The summed E-state index contributed by atoms with van der Waals surface area (Å²) < 4.78 is 1.74. The third-order valence-corrected chi connectivity index (χ3v) is 2.38. The molecule has 0 saturated heterocycles. The molecule has 0 bridgehead atoms. The molecule has 0 aliphatic heterocycles. The second-order valence-electron chi connectivity index (χ2n) is 5.84. The number of nitrogens with zero attached hydrogens (tertiary/aromatic N) is 2. The first-order valence-electron chi connectivity index (χ1n) is 5.64. The Morgan fingerprint density at radius 2 is 2.00 bits per heavy atom. The number of nitrogens with one attached hydrogen (secondary N) is 1. The van der Waals surface area contributed by atoms with Crippen LogP contribution in [0.25, 0.3) is 0 Å². The molecule has 0 aromatic carbocycles. The number of rotatable bonds is 3. The fraction of sp³-hybridized carbons (Fsp3) is 0.667. The van der Waals surface area contributed by atoms with Crippen LogP contribution in [0.3, 0.4) is 0 Å². The van der Waals surface area contributed by atoms with Gasteiger partial charge in [-0.1, -0.05) is 0 Å². The number of aliphatic hydroxyl groups is 1. The van der Waals surface area contributed by atoms with Gasteiger partial charge in [0.25, 0.3) is 5.91 Å². The first kappa shape index (κ1) is 13.7. The van der Waals surface area contributed by atoms with E-state index in [9.17, 15) is 4.79 Å². The minimum Gasteiger partial charge on any atom is -0.394 e. The van der Waals surface area contributed by atoms with E-state index >= 15 is 0 Å². The lowest BCUT2D eigenvalue weighted by atomic mass is 10.1. The maximum absolute atomic E-state index is 11.9. The zero-order chi connectivity index (χ0) is 13.3. The molecule has 0 aliphatic rings. The third kappa shape index (κ3) is 3.56. The highest BCUT2D eigenvalue weighted by Gasteiger charge is 2.22. The number of aliphatic hydroxyl groups excluding tert-OH is 1. The maximum Gasteiger partial charge on any atom is 0.254 e. The lowest BCUT2D eigenvalue weighted by molar-refractivity contribution is 0.0869. The Hall–Kier alpha value is -1.36. The molecular weight excluding hydrogens is 218 g/mol. The molecule has 0 spiro atoms. The predicted molar refractivity (Wildman–Crippen MR) is 65.9 cm³/mol. The molecule has 1 heterocycles. The van der Waals surface area contributed by atoms with Crippen molar-refractivity contribution in [2.24, 2.45) is 0 Å². The molecule has 0 aliphatic carbocycles. The number of amides is 1. The fourth-order valence-electron chi connectivity index (χ4n) is 1.23. The second-order valence-corrected chi connectivity index (χ2v) is 5.84. The molecule has 0 atom stereocenters. The number of carbonyl (C=O) groups excluding carboxylic acids is 1. The van der Waals surface area contributed by atoms with E-state index in [1.807, 2.05) is 20.8 Å². The van der Waals surface area contributed by atoms with E-state index in [1.165, 1.54) is 6.20 Å². The quantitative estimate of drug-likeness (QED) is 0.831. The molecule has 96 valence electrons. The molecule has 1 rings (SSSR count). The van der Waals surface area contributed by atoms with E-state index in [0.717, 1.165) is 0 Å². The van der Waals surface area contributed by atoms with Crippen molar-refractivity contribution in [2.75, 3.05) is 6.61 Å². The summed E-state index contributed by atoms with van der Waals surface area (Å²) in [6, 6.07) is 0. The van der Waals surface area contributed by atoms with Crippen LogP contribution in [-0.2, 0) is 5.54 Å². The Morgan fingerprint density at radius 1 is 1.41 bits per heavy atom. The van der Waals surface area contributed by atoms with Crippen LogP contribution in [0.2, 0.25) is 0 Å². The number of hydrogen-bond acceptors (Lipinski definition) is 3. The minimum atomic E-state index is -0.624. The minimum absolute atomic E-state index is 0.105. The number of aromatic nitrogens is 2. The fourth-order valence-corrected chi connectivity index (χ4v) is 1.23. The third-order valence-electron chi connectivity index (χ3n) is 2.38. The van der Waals surface area contributed by atoms with Crippen LogP contribution in [0.1, 0.15) is 45.0 Å². The Labute approximate surface area is 102 Å². The summed E-state index contributed by atoms with van der Waals surface area (Å²) in [6.45, 7) is 9.46. The largest absolute Gasteiger partial charge is 0.394 e. The van der Waals surface area contributed by atoms with Gasteiger partial charge in [-0.25, -0.2) is 0 Å². The molecule has 5 heteroatoms. The normalized spacial score (nSPS) is 12.6. The van der Waals surface area contributed by atoms with Crippen molar-refractivity contribution in [3.8, 4) is 0 Å². The number of hydrogen-bond donors (Lipinski definition) is 2. The van der Waals surface area contributed by atoms with Gasteiger partial charge < -0.3 is 10.4 Å². The topological polar surface area (TPSA) is 67.2 Å². The van der Waals surface area contributed by atoms with Gasteiger partial charge in [0, 0.05) is 6.20 Å². The summed E-state index contributed by atoms with van der Waals surface area (Å²) in [6.07, 6.45) is 3.25. The van der Waals surface area contributed by atoms with Crippen molar-refractivity contribution in [1.82, 2.24) is 15.1 Å². The van der Waals surface area contributed by atoms with Gasteiger partial charge in [-0.05, 0) is 34.6 Å². The van der Waals surface area contributed by atoms with Crippen LogP contribution in [0.4, 0.5) is 0 Å². The summed E-state index contributed by atoms with van der Waals surface area (Å²) in [5, 5.41) is 16.0. The molecule has 0 unspecified atom stereocenters. The van der Waals surface area contributed by atoms with Crippen molar-refractivity contribution in [3.05, 3.63) is 18.0 Å². The van der Waals surface area contributed by atoms with E-state index in [2.05, 4.69) is 10.4 Å². The molecule has 5 nitrogen and oxygen atoms in total. The molecular formula is C12H21N3O2. The van der Waals surface area contributed by atoms with Gasteiger partial charge >= 0.3 is 0 Å². The molecule has 0 radical (unpaired) electrons. The lowest BCUT2D eigenvalue weighted by Gasteiger charge is -2.23. The molecule has 1 aromatic rings. The van der Waals surface area contributed by atoms with Crippen molar-refractivity contribution in [1.29, 1.82) is 0 Å². The highest BCUT2D eigenvalue weighted by molar-refractivity contribution is 5.94. The van der Waals surface area contributed by atoms with Crippen LogP contribution < -0.4 is 5.32 Å². The van der Waals surface area contributed by atoms with E-state index < -0.39 is 5.54 Å². The maximum atomic E-state index is 11.9. The van der Waals surface area contributed by atoms with E-state index in [4.69, 9.17) is 5.11 Å². The van der Waals surface area contributed by atoms with Crippen LogP contribution >= 0.6 is 0 Å². The molecule has 1 amide bonds. The summed E-state index contributed by atoms with van der Waals surface area (Å²) >= 11 is 0. The summed E-state index contributed by atoms with van der Waals surface area (Å²) in [7, 11) is 0. The molecule has 1 aromatic heterocycles. The summed E-state index contributed by atoms with van der Waals surface area (Å²) in [5.41, 5.74) is -0.271. The van der Waals surface area contributed by atoms with Gasteiger partial charge in [-0.15, -0.1) is 0 Å². The second kappa shape index (κ2) is 4.49. The van der Waals surface area contributed by atoms with Gasteiger partial charge in [-0.2, -0.15) is 5.10 Å². The van der Waals surface area contributed by atoms with E-state index in [-0.39, 0.29) is 18.1 Å². The van der Waals surface area contributed by atoms with Crippen LogP contribution in [0.15, 0.2) is 12.4 Å². The first-order chi connectivity index (χ1) is 7.65. The Kier molecular flexibility index (Phi) is 3.62. The van der Waals surface area contributed by atoms with Crippen molar-refractivity contribution in [3.63, 3.8) is 0 Å². The molecule has 0 fully saturated rings. The van der Waals surface area contributed by atoms with Gasteiger partial charge in [0.2, 0.25) is 0 Å². The van der Waals surface area contributed by atoms with Gasteiger partial charge in [0.1, 0.15) is 0 Å². The highest BCUT2D eigenvalue weighted by atomic mass is 16.3. The van der Waals surface area contributed by atoms with E-state index in [1.54, 1.807) is 24.7 Å². The van der Waals surface area contributed by atoms with Crippen LogP contribution in [0, 0.1) is 0 Å². The first-order valence-corrected chi connectivity index (χ1v) is 5.64. The Bertz CT molecular complexity index is 402. The van der Waals surface area contributed by atoms with Crippen molar-refractivity contribution in [2.45, 2.75) is 45.7 Å². The lowest BCUT2D eigenvalue weighted by Crippen LogP contribution is -2.46. The van der Waals surface area contributed by atoms with Crippen molar-refractivity contribution < 1.29 is 9.90 Å². The van der Waals surface area contributed by atoms with Gasteiger partial charge in [-0.3, -0.25) is 9.48 Å². The Balaban J connectivity index is 2.81. The average molecular weight is 239 g/mol. The van der Waals surface area contributed by atoms with Crippen LogP contribution in [0.5, 0.6) is 0 Å². The smallest absolute Gasteiger partial charge is 0.254 e. The standard InChI is InChI=1S/C12H21N3O2/c1-11(2,3)15-7-9(6-13-15)10(17)14-12(4,5)8-16/h6-7,16H,8H2,1-5H3,(H,14,17). The van der Waals surface area contributed by atoms with Gasteiger partial charge in [0.15, 0.2) is 0 Å². The average Bonchev–Trinajstić information content (AvgIpc) is 2.65. The molecule has 17 heavy (non-hydrogen) atoms. The van der Waals surface area contributed by atoms with Gasteiger partial charge in [0.05, 0.1) is 29.4 Å². The number of carbonyl (C=O) groups is 1. The summed E-state index contributed by atoms with van der Waals surface area (Å²) in [5.74, 6) is -0.223.